The zero-order valence-electron chi connectivity index (χ0n) is 6.74. The number of rotatable bonds is 2. The maximum absolute atomic E-state index is 11.6. The van der Waals surface area contributed by atoms with Crippen LogP contribution in [-0.2, 0) is 10.0 Å². The molecule has 1 aromatic carbocycles. The summed E-state index contributed by atoms with van der Waals surface area (Å²) in [5.74, 6) is 0. The van der Waals surface area contributed by atoms with Crippen LogP contribution >= 0.6 is 32.3 Å². The second kappa shape index (κ2) is 4.08. The summed E-state index contributed by atoms with van der Waals surface area (Å²) in [6.45, 7) is 1.75. The highest BCUT2D eigenvalue weighted by molar-refractivity contribution is 9.22. The Hall–Kier alpha value is 0.0900. The molecule has 0 unspecified atom stereocenters. The number of aryl methyl sites for hydroxylation is 1. The second-order valence-corrected chi connectivity index (χ2v) is 7.51. The first kappa shape index (κ1) is 11.2. The van der Waals surface area contributed by atoms with Crippen LogP contribution in [0.1, 0.15) is 5.56 Å². The Kier molecular flexibility index (Phi) is 3.50. The first-order chi connectivity index (χ1) is 5.96. The zero-order valence-corrected chi connectivity index (χ0v) is 10.7. The smallest absolute Gasteiger partial charge is 0.205 e. The molecule has 0 N–H and O–H groups in total. The van der Waals surface area contributed by atoms with Gasteiger partial charge in [-0.2, -0.15) is 0 Å². The minimum absolute atomic E-state index is 0.281. The molecule has 0 amide bonds. The first-order valence-electron chi connectivity index (χ1n) is 3.39. The topological polar surface area (TPSA) is 37.4 Å². The van der Waals surface area contributed by atoms with Crippen molar-refractivity contribution in [3.8, 4) is 0 Å². The molecule has 0 saturated carbocycles. The quantitative estimate of drug-likeness (QED) is 0.783. The third-order valence-corrected chi connectivity index (χ3v) is 5.22. The molecule has 1 aromatic rings. The Bertz CT molecular complexity index is 403. The Labute approximate surface area is 94.5 Å². The normalized spacial score (nSPS) is 12.0. The number of nitrogens with zero attached hydrogens (tertiary/aromatic N) is 1. The van der Waals surface area contributed by atoms with Gasteiger partial charge in [-0.05, 0) is 18.6 Å². The van der Waals surface area contributed by atoms with Gasteiger partial charge in [0.2, 0.25) is 0 Å². The summed E-state index contributed by atoms with van der Waals surface area (Å²) in [7, 11) is -3.44. The predicted molar refractivity (Wildman–Crippen MR) is 58.1 cm³/mol. The van der Waals surface area contributed by atoms with Crippen LogP contribution in [0.15, 0.2) is 29.2 Å². The van der Waals surface area contributed by atoms with Gasteiger partial charge in [0.05, 0.1) is 4.90 Å². The summed E-state index contributed by atoms with van der Waals surface area (Å²) in [6.07, 6.45) is 0. The molecule has 0 saturated heterocycles. The first-order valence-corrected chi connectivity index (χ1v) is 6.24. The van der Waals surface area contributed by atoms with Crippen molar-refractivity contribution in [2.75, 3.05) is 0 Å². The Balaban J connectivity index is 3.32. The summed E-state index contributed by atoms with van der Waals surface area (Å²) in [6, 6.07) is 6.78. The number of hydrogen-bond donors (Lipinski definition) is 0. The van der Waals surface area contributed by atoms with Crippen molar-refractivity contribution in [2.24, 2.45) is 0 Å². The van der Waals surface area contributed by atoms with E-state index in [0.717, 1.165) is 2.36 Å². The molecule has 0 radical (unpaired) electrons. The largest absolute Gasteiger partial charge is 0.262 e. The van der Waals surface area contributed by atoms with E-state index in [0.29, 0.717) is 5.56 Å². The minimum Gasteiger partial charge on any atom is -0.205 e. The van der Waals surface area contributed by atoms with Gasteiger partial charge >= 0.3 is 0 Å². The lowest BCUT2D eigenvalue weighted by Crippen LogP contribution is -2.12. The van der Waals surface area contributed by atoms with Crippen LogP contribution in [0.4, 0.5) is 0 Å². The lowest BCUT2D eigenvalue weighted by Gasteiger charge is -2.08. The van der Waals surface area contributed by atoms with Crippen LogP contribution in [0, 0.1) is 6.92 Å². The van der Waals surface area contributed by atoms with Crippen LogP contribution in [0.25, 0.3) is 0 Å². The average molecular weight is 329 g/mol. The van der Waals surface area contributed by atoms with Gasteiger partial charge in [-0.3, -0.25) is 0 Å². The highest BCUT2D eigenvalue weighted by Gasteiger charge is 2.21. The van der Waals surface area contributed by atoms with E-state index >= 15 is 0 Å². The molecule has 6 heteroatoms. The lowest BCUT2D eigenvalue weighted by atomic mass is 10.2. The van der Waals surface area contributed by atoms with Crippen LogP contribution in [0.2, 0.25) is 0 Å². The Morgan fingerprint density at radius 3 is 2.23 bits per heavy atom. The number of halogens is 2. The maximum Gasteiger partial charge on any atom is 0.262 e. The van der Waals surface area contributed by atoms with Crippen molar-refractivity contribution in [1.29, 1.82) is 0 Å². The molecule has 1 rings (SSSR count). The van der Waals surface area contributed by atoms with Crippen LogP contribution in [0.5, 0.6) is 0 Å². The van der Waals surface area contributed by atoms with E-state index < -0.39 is 10.0 Å². The third kappa shape index (κ3) is 2.31. The molecule has 0 bridgehead atoms. The molecule has 0 spiro atoms. The van der Waals surface area contributed by atoms with Gasteiger partial charge in [-0.15, -0.1) is 0 Å². The Morgan fingerprint density at radius 1 is 1.23 bits per heavy atom. The summed E-state index contributed by atoms with van der Waals surface area (Å²) < 4.78 is 24.0. The number of benzene rings is 1. The van der Waals surface area contributed by atoms with Gasteiger partial charge < -0.3 is 0 Å². The fourth-order valence-corrected chi connectivity index (χ4v) is 2.73. The van der Waals surface area contributed by atoms with Gasteiger partial charge in [0.25, 0.3) is 10.0 Å². The molecule has 72 valence electrons. The molecule has 0 aromatic heterocycles. The van der Waals surface area contributed by atoms with Crippen molar-refractivity contribution in [3.63, 3.8) is 0 Å². The molecule has 0 aliphatic rings. The molecular formula is C7H7Br2NO2S. The summed E-state index contributed by atoms with van der Waals surface area (Å²) >= 11 is 5.66. The number of sulfonamides is 1. The van der Waals surface area contributed by atoms with E-state index in [-0.39, 0.29) is 4.90 Å². The van der Waals surface area contributed by atoms with E-state index in [9.17, 15) is 8.42 Å². The van der Waals surface area contributed by atoms with Crippen molar-refractivity contribution in [3.05, 3.63) is 29.8 Å². The zero-order chi connectivity index (χ0) is 10.1. The monoisotopic (exact) mass is 327 g/mol. The maximum atomic E-state index is 11.6. The number of hydrogen-bond acceptors (Lipinski definition) is 2. The van der Waals surface area contributed by atoms with Crippen molar-refractivity contribution in [2.45, 2.75) is 11.8 Å². The molecule has 0 aliphatic carbocycles. The highest BCUT2D eigenvalue weighted by Crippen LogP contribution is 2.24. The van der Waals surface area contributed by atoms with E-state index in [1.54, 1.807) is 31.2 Å². The van der Waals surface area contributed by atoms with E-state index in [2.05, 4.69) is 32.3 Å². The van der Waals surface area contributed by atoms with Crippen molar-refractivity contribution >= 4 is 42.3 Å². The summed E-state index contributed by atoms with van der Waals surface area (Å²) in [4.78, 5) is 0.281. The van der Waals surface area contributed by atoms with Gasteiger partial charge in [0.15, 0.2) is 0 Å². The summed E-state index contributed by atoms with van der Waals surface area (Å²) in [5, 5.41) is 0. The van der Waals surface area contributed by atoms with Crippen molar-refractivity contribution < 1.29 is 8.42 Å². The highest BCUT2D eigenvalue weighted by atomic mass is 79.9. The SMILES string of the molecule is Cc1ccccc1S(=O)(=O)N(Br)Br. The summed E-state index contributed by atoms with van der Waals surface area (Å²) in [5.41, 5.74) is 0.714. The average Bonchev–Trinajstić information content (AvgIpc) is 2.04. The van der Waals surface area contributed by atoms with Crippen molar-refractivity contribution in [1.82, 2.24) is 2.36 Å². The molecule has 13 heavy (non-hydrogen) atoms. The third-order valence-electron chi connectivity index (χ3n) is 1.55. The molecule has 3 nitrogen and oxygen atoms in total. The van der Waals surface area contributed by atoms with Gasteiger partial charge in [-0.1, -0.05) is 20.6 Å². The standard InChI is InChI=1S/C7H7Br2NO2S/c1-6-4-2-3-5-7(6)13(11,12)10(8)9/h2-5H,1H3. The van der Waals surface area contributed by atoms with Gasteiger partial charge in [-0.25, -0.2) is 8.42 Å². The van der Waals surface area contributed by atoms with E-state index in [1.165, 1.54) is 0 Å². The second-order valence-electron chi connectivity index (χ2n) is 2.44. The van der Waals surface area contributed by atoms with E-state index in [1.807, 2.05) is 0 Å². The molecule has 0 fully saturated rings. The van der Waals surface area contributed by atoms with Crippen LogP contribution in [0.3, 0.4) is 0 Å². The molecule has 0 heterocycles. The van der Waals surface area contributed by atoms with Crippen LogP contribution < -0.4 is 0 Å². The van der Waals surface area contributed by atoms with Crippen LogP contribution in [-0.4, -0.2) is 10.8 Å². The molecule has 0 aliphatic heterocycles. The van der Waals surface area contributed by atoms with Gasteiger partial charge in [0, 0.05) is 32.3 Å². The molecule has 0 atom stereocenters. The van der Waals surface area contributed by atoms with Gasteiger partial charge in [0.1, 0.15) is 0 Å². The lowest BCUT2D eigenvalue weighted by molar-refractivity contribution is 0.584. The fourth-order valence-electron chi connectivity index (χ4n) is 0.920. The Morgan fingerprint density at radius 2 is 1.77 bits per heavy atom. The molecular weight excluding hydrogens is 322 g/mol. The predicted octanol–water partition coefficient (Wildman–Crippen LogP) is 2.61. The van der Waals surface area contributed by atoms with E-state index in [4.69, 9.17) is 0 Å². The fraction of sp³-hybridized carbons (Fsp3) is 0.143. The minimum atomic E-state index is -3.44.